The maximum atomic E-state index is 13.6. The molecule has 0 aromatic heterocycles. The summed E-state index contributed by atoms with van der Waals surface area (Å²) in [5.41, 5.74) is 1.86. The number of ether oxygens (including phenoxy) is 3. The number of hydrogen-bond donors (Lipinski definition) is 1. The molecule has 0 bridgehead atoms. The van der Waals surface area contributed by atoms with Crippen LogP contribution in [0.1, 0.15) is 23.6 Å². The molecule has 44 heavy (non-hydrogen) atoms. The first-order chi connectivity index (χ1) is 21.2. The normalized spacial score (nSPS) is 14.0. The van der Waals surface area contributed by atoms with Crippen LogP contribution in [0.2, 0.25) is 5.02 Å². The van der Waals surface area contributed by atoms with Crippen molar-refractivity contribution < 1.29 is 33.0 Å². The maximum Gasteiger partial charge on any atom is 0.335 e. The summed E-state index contributed by atoms with van der Waals surface area (Å²) in [7, 11) is 0. The summed E-state index contributed by atoms with van der Waals surface area (Å²) in [4.78, 5) is 39.8. The number of imide groups is 2. The predicted molar refractivity (Wildman–Crippen MR) is 167 cm³/mol. The molecule has 0 atom stereocenters. The van der Waals surface area contributed by atoms with Gasteiger partial charge in [0.1, 0.15) is 30.4 Å². The minimum Gasteiger partial charge on any atom is -0.490 e. The van der Waals surface area contributed by atoms with Crippen LogP contribution >= 0.6 is 27.5 Å². The zero-order chi connectivity index (χ0) is 31.2. The summed E-state index contributed by atoms with van der Waals surface area (Å²) in [5.74, 6) is -0.808. The molecular formula is C33H25BrClFN2O6. The Kier molecular flexibility index (Phi) is 9.62. The Bertz CT molecular complexity index is 1760. The fourth-order valence-corrected chi connectivity index (χ4v) is 5.15. The average Bonchev–Trinajstić information content (AvgIpc) is 2.99. The molecule has 1 fully saturated rings. The number of hydrogen-bond acceptors (Lipinski definition) is 6. The van der Waals surface area contributed by atoms with Crippen LogP contribution in [0.3, 0.4) is 0 Å². The van der Waals surface area contributed by atoms with E-state index in [-0.39, 0.29) is 30.3 Å². The predicted octanol–water partition coefficient (Wildman–Crippen LogP) is 7.46. The molecule has 4 aromatic rings. The van der Waals surface area contributed by atoms with Gasteiger partial charge in [-0.3, -0.25) is 14.9 Å². The number of carbonyl (C=O) groups is 3. The highest BCUT2D eigenvalue weighted by Crippen LogP contribution is 2.38. The highest BCUT2D eigenvalue weighted by Gasteiger charge is 2.37. The quantitative estimate of drug-likeness (QED) is 0.138. The largest absolute Gasteiger partial charge is 0.490 e. The lowest BCUT2D eigenvalue weighted by Crippen LogP contribution is -2.54. The van der Waals surface area contributed by atoms with Crippen molar-refractivity contribution >= 4 is 57.1 Å². The highest BCUT2D eigenvalue weighted by molar-refractivity contribution is 9.10. The second kappa shape index (κ2) is 13.7. The molecule has 1 heterocycles. The van der Waals surface area contributed by atoms with E-state index in [0.717, 1.165) is 10.5 Å². The van der Waals surface area contributed by atoms with E-state index >= 15 is 0 Å². The fourth-order valence-electron chi connectivity index (χ4n) is 4.38. The van der Waals surface area contributed by atoms with E-state index in [2.05, 4.69) is 21.2 Å². The first-order valence-corrected chi connectivity index (χ1v) is 14.6. The van der Waals surface area contributed by atoms with Crippen LogP contribution in [-0.2, 0) is 22.8 Å². The third-order valence-electron chi connectivity index (χ3n) is 6.46. The lowest BCUT2D eigenvalue weighted by Gasteiger charge is -2.26. The van der Waals surface area contributed by atoms with Crippen molar-refractivity contribution in [2.75, 3.05) is 11.5 Å². The maximum absolute atomic E-state index is 13.6. The molecule has 8 nitrogen and oxygen atoms in total. The summed E-state index contributed by atoms with van der Waals surface area (Å²) in [5, 5.41) is 2.80. The monoisotopic (exact) mass is 678 g/mol. The fraction of sp³-hybridized carbons (Fsp3) is 0.121. The zero-order valence-electron chi connectivity index (χ0n) is 23.3. The van der Waals surface area contributed by atoms with Crippen LogP contribution in [0.4, 0.5) is 14.9 Å². The van der Waals surface area contributed by atoms with Crippen molar-refractivity contribution in [3.8, 4) is 17.2 Å². The molecule has 5 rings (SSSR count). The van der Waals surface area contributed by atoms with Gasteiger partial charge in [-0.2, -0.15) is 0 Å². The first kappa shape index (κ1) is 30.8. The first-order valence-electron chi connectivity index (χ1n) is 13.4. The van der Waals surface area contributed by atoms with Crippen molar-refractivity contribution in [2.45, 2.75) is 20.1 Å². The van der Waals surface area contributed by atoms with E-state index < -0.39 is 17.8 Å². The molecule has 1 aliphatic rings. The third kappa shape index (κ3) is 7.10. The van der Waals surface area contributed by atoms with Gasteiger partial charge in [-0.1, -0.05) is 41.9 Å². The number of anilines is 1. The molecule has 0 aliphatic carbocycles. The van der Waals surface area contributed by atoms with Crippen molar-refractivity contribution in [1.29, 1.82) is 0 Å². The Hall–Kier alpha value is -4.67. The second-order valence-corrected chi connectivity index (χ2v) is 10.8. The second-order valence-electron chi connectivity index (χ2n) is 9.51. The molecule has 1 saturated heterocycles. The van der Waals surface area contributed by atoms with Gasteiger partial charge < -0.3 is 14.2 Å². The summed E-state index contributed by atoms with van der Waals surface area (Å²) < 4.78 is 31.6. The topological polar surface area (TPSA) is 94.2 Å². The number of halogens is 3. The molecule has 4 amide bonds. The Balaban J connectivity index is 1.36. The number of nitrogens with zero attached hydrogens (tertiary/aromatic N) is 1. The van der Waals surface area contributed by atoms with Crippen LogP contribution in [0, 0.1) is 5.82 Å². The van der Waals surface area contributed by atoms with E-state index in [9.17, 15) is 18.8 Å². The molecule has 0 spiro atoms. The van der Waals surface area contributed by atoms with Crippen LogP contribution in [0.15, 0.2) is 95.0 Å². The van der Waals surface area contributed by atoms with Crippen molar-refractivity contribution in [2.24, 2.45) is 0 Å². The number of rotatable bonds is 10. The van der Waals surface area contributed by atoms with Crippen molar-refractivity contribution in [1.82, 2.24) is 5.32 Å². The minimum absolute atomic E-state index is 0.0820. The Morgan fingerprint density at radius 2 is 1.68 bits per heavy atom. The molecule has 1 N–H and O–H groups in total. The molecule has 1 aliphatic heterocycles. The van der Waals surface area contributed by atoms with Gasteiger partial charge in [0.2, 0.25) is 0 Å². The summed E-state index contributed by atoms with van der Waals surface area (Å²) in [6.45, 7) is 2.42. The molecule has 0 radical (unpaired) electrons. The van der Waals surface area contributed by atoms with Gasteiger partial charge in [-0.05, 0) is 94.7 Å². The third-order valence-corrected chi connectivity index (χ3v) is 7.42. The van der Waals surface area contributed by atoms with E-state index in [1.54, 1.807) is 61.5 Å². The Morgan fingerprint density at radius 1 is 0.909 bits per heavy atom. The van der Waals surface area contributed by atoms with Crippen LogP contribution in [0.25, 0.3) is 6.08 Å². The summed E-state index contributed by atoms with van der Waals surface area (Å²) >= 11 is 9.66. The lowest BCUT2D eigenvalue weighted by atomic mass is 10.1. The number of barbiturate groups is 1. The van der Waals surface area contributed by atoms with E-state index in [1.165, 1.54) is 18.2 Å². The van der Waals surface area contributed by atoms with Gasteiger partial charge in [-0.15, -0.1) is 0 Å². The number of benzene rings is 4. The molecular weight excluding hydrogens is 655 g/mol. The molecule has 224 valence electrons. The molecule has 0 unspecified atom stereocenters. The van der Waals surface area contributed by atoms with Gasteiger partial charge in [0.05, 0.1) is 16.8 Å². The van der Waals surface area contributed by atoms with E-state index in [1.807, 2.05) is 18.2 Å². The van der Waals surface area contributed by atoms with Gasteiger partial charge in [0, 0.05) is 10.6 Å². The summed E-state index contributed by atoms with van der Waals surface area (Å²) in [6, 6.07) is 22.0. The van der Waals surface area contributed by atoms with Crippen LogP contribution in [0.5, 0.6) is 17.2 Å². The standard InChI is InChI=1S/C33H25BrClFN2O6/c1-2-42-29-17-21(16-27(34)30(29)44-18-20-6-5-8-23(36)14-20)15-26-31(39)37-33(41)38(32(26)40)24-10-12-25(13-11-24)43-19-22-7-3-4-9-28(22)35/h3-17H,2,18-19H2,1H3,(H,37,39,41)/b26-15+. The zero-order valence-corrected chi connectivity index (χ0v) is 25.7. The number of urea groups is 1. The Labute approximate surface area is 266 Å². The SMILES string of the molecule is CCOc1cc(/C=C2\C(=O)NC(=O)N(c3ccc(OCc4ccccc4Cl)cc3)C2=O)cc(Br)c1OCc1cccc(F)c1. The van der Waals surface area contributed by atoms with Crippen LogP contribution in [-0.4, -0.2) is 24.5 Å². The van der Waals surface area contributed by atoms with Crippen molar-refractivity contribution in [3.05, 3.63) is 123 Å². The average molecular weight is 680 g/mol. The molecule has 0 saturated carbocycles. The van der Waals surface area contributed by atoms with Crippen molar-refractivity contribution in [3.63, 3.8) is 0 Å². The summed E-state index contributed by atoms with van der Waals surface area (Å²) in [6.07, 6.45) is 1.36. The van der Waals surface area contributed by atoms with E-state index in [4.69, 9.17) is 25.8 Å². The number of carbonyl (C=O) groups excluding carboxylic acids is 3. The minimum atomic E-state index is -0.876. The van der Waals surface area contributed by atoms with Gasteiger partial charge >= 0.3 is 6.03 Å². The van der Waals surface area contributed by atoms with Gasteiger partial charge in [0.15, 0.2) is 11.5 Å². The van der Waals surface area contributed by atoms with E-state index in [0.29, 0.717) is 44.5 Å². The lowest BCUT2D eigenvalue weighted by molar-refractivity contribution is -0.122. The number of nitrogens with one attached hydrogen (secondary N) is 1. The van der Waals surface area contributed by atoms with Gasteiger partial charge in [0.25, 0.3) is 11.8 Å². The Morgan fingerprint density at radius 3 is 2.41 bits per heavy atom. The highest BCUT2D eigenvalue weighted by atomic mass is 79.9. The van der Waals surface area contributed by atoms with Gasteiger partial charge in [-0.25, -0.2) is 14.1 Å². The van der Waals surface area contributed by atoms with Crippen LogP contribution < -0.4 is 24.4 Å². The molecule has 4 aromatic carbocycles. The smallest absolute Gasteiger partial charge is 0.335 e. The number of amides is 4. The molecule has 11 heteroatoms.